The van der Waals surface area contributed by atoms with Crippen LogP contribution in [0.25, 0.3) is 11.3 Å². The standard InChI is InChI=1S/C19H18N2O3S.C2H6.H2/c1-13-11-18-19(20-13)17-6-4-3-5-14(17)12-21(18)25(22,23)16-9-7-15(24-2)8-10-16;1-2;/h3-11,20H,12H2,1-2H3;1-2H3;1H. The molecule has 0 amide bonds. The summed E-state index contributed by atoms with van der Waals surface area (Å²) in [5.41, 5.74) is 4.49. The van der Waals surface area contributed by atoms with Crippen LogP contribution in [0.1, 0.15) is 26.5 Å². The minimum Gasteiger partial charge on any atom is -0.497 e. The number of nitrogens with zero attached hydrogens (tertiary/aromatic N) is 1. The van der Waals surface area contributed by atoms with E-state index < -0.39 is 10.0 Å². The molecule has 1 aliphatic heterocycles. The maximum atomic E-state index is 13.2. The van der Waals surface area contributed by atoms with E-state index >= 15 is 0 Å². The summed E-state index contributed by atoms with van der Waals surface area (Å²) in [4.78, 5) is 3.55. The fourth-order valence-electron chi connectivity index (χ4n) is 3.21. The van der Waals surface area contributed by atoms with Gasteiger partial charge in [-0.15, -0.1) is 0 Å². The van der Waals surface area contributed by atoms with Crippen LogP contribution in [0.3, 0.4) is 0 Å². The van der Waals surface area contributed by atoms with Gasteiger partial charge in [-0.2, -0.15) is 0 Å². The van der Waals surface area contributed by atoms with Gasteiger partial charge in [0.1, 0.15) is 5.75 Å². The van der Waals surface area contributed by atoms with Gasteiger partial charge in [-0.3, -0.25) is 4.31 Å². The van der Waals surface area contributed by atoms with E-state index in [4.69, 9.17) is 4.74 Å². The highest BCUT2D eigenvalue weighted by Gasteiger charge is 2.32. The Morgan fingerprint density at radius 1 is 1.07 bits per heavy atom. The molecule has 27 heavy (non-hydrogen) atoms. The topological polar surface area (TPSA) is 62.4 Å². The number of hydrogen-bond donors (Lipinski definition) is 1. The van der Waals surface area contributed by atoms with Crippen molar-refractivity contribution in [2.75, 3.05) is 11.4 Å². The van der Waals surface area contributed by atoms with Crippen LogP contribution in [0.15, 0.2) is 59.5 Å². The number of ether oxygens (including phenoxy) is 1. The third-order valence-corrected chi connectivity index (χ3v) is 6.22. The average molecular weight is 387 g/mol. The molecule has 6 heteroatoms. The molecular formula is C21H26N2O3S. The Balaban J connectivity index is 0.000000906. The lowest BCUT2D eigenvalue weighted by molar-refractivity contribution is 0.414. The molecule has 0 saturated carbocycles. The highest BCUT2D eigenvalue weighted by Crippen LogP contribution is 2.41. The van der Waals surface area contributed by atoms with E-state index in [9.17, 15) is 8.42 Å². The number of aromatic nitrogens is 1. The van der Waals surface area contributed by atoms with Crippen LogP contribution in [-0.2, 0) is 16.6 Å². The van der Waals surface area contributed by atoms with Crippen molar-refractivity contribution in [3.63, 3.8) is 0 Å². The van der Waals surface area contributed by atoms with Crippen LogP contribution >= 0.6 is 0 Å². The van der Waals surface area contributed by atoms with Gasteiger partial charge in [0.15, 0.2) is 0 Å². The minimum absolute atomic E-state index is 0. The highest BCUT2D eigenvalue weighted by atomic mass is 32.2. The van der Waals surface area contributed by atoms with Gasteiger partial charge in [-0.05, 0) is 42.8 Å². The first-order valence-corrected chi connectivity index (χ1v) is 10.4. The van der Waals surface area contributed by atoms with Crippen molar-refractivity contribution in [2.45, 2.75) is 32.2 Å². The first-order chi connectivity index (χ1) is 13.0. The average Bonchev–Trinajstić information content (AvgIpc) is 3.10. The van der Waals surface area contributed by atoms with Gasteiger partial charge in [0.2, 0.25) is 0 Å². The molecule has 2 aromatic carbocycles. The maximum absolute atomic E-state index is 13.2. The largest absolute Gasteiger partial charge is 0.497 e. The van der Waals surface area contributed by atoms with Crippen molar-refractivity contribution in [1.82, 2.24) is 4.98 Å². The Hall–Kier alpha value is -2.73. The summed E-state index contributed by atoms with van der Waals surface area (Å²) in [6.45, 7) is 6.24. The lowest BCUT2D eigenvalue weighted by atomic mass is 10.0. The van der Waals surface area contributed by atoms with Crippen LogP contribution in [0, 0.1) is 6.92 Å². The van der Waals surface area contributed by atoms with E-state index in [0.717, 1.165) is 22.5 Å². The molecular weight excluding hydrogens is 360 g/mol. The molecule has 0 fully saturated rings. The Bertz CT molecular complexity index is 1040. The number of fused-ring (bicyclic) bond motifs is 3. The van der Waals surface area contributed by atoms with Crippen molar-refractivity contribution in [2.24, 2.45) is 0 Å². The molecule has 4 rings (SSSR count). The predicted octanol–water partition coefficient (Wildman–Crippen LogP) is 4.98. The molecule has 1 aliphatic rings. The van der Waals surface area contributed by atoms with E-state index in [1.807, 2.05) is 51.1 Å². The van der Waals surface area contributed by atoms with Gasteiger partial charge in [0.25, 0.3) is 10.0 Å². The molecule has 3 aromatic rings. The van der Waals surface area contributed by atoms with Crippen molar-refractivity contribution in [3.8, 4) is 17.0 Å². The summed E-state index contributed by atoms with van der Waals surface area (Å²) >= 11 is 0. The molecule has 144 valence electrons. The van der Waals surface area contributed by atoms with Gasteiger partial charge in [-0.1, -0.05) is 38.1 Å². The predicted molar refractivity (Wildman–Crippen MR) is 111 cm³/mol. The number of nitrogens with one attached hydrogen (secondary N) is 1. The van der Waals surface area contributed by atoms with E-state index in [1.54, 1.807) is 31.4 Å². The zero-order valence-corrected chi connectivity index (χ0v) is 16.8. The second kappa shape index (κ2) is 7.48. The van der Waals surface area contributed by atoms with E-state index in [-0.39, 0.29) is 6.32 Å². The first kappa shape index (κ1) is 19.0. The third-order valence-electron chi connectivity index (χ3n) is 4.45. The summed E-state index contributed by atoms with van der Waals surface area (Å²) in [6, 6.07) is 16.2. The molecule has 0 atom stereocenters. The summed E-state index contributed by atoms with van der Waals surface area (Å²) in [5.74, 6) is 0.626. The van der Waals surface area contributed by atoms with Gasteiger partial charge in [-0.25, -0.2) is 8.42 Å². The van der Waals surface area contributed by atoms with Gasteiger partial charge >= 0.3 is 0 Å². The van der Waals surface area contributed by atoms with E-state index in [0.29, 0.717) is 18.0 Å². The Labute approximate surface area is 162 Å². The second-order valence-corrected chi connectivity index (χ2v) is 7.92. The summed E-state index contributed by atoms with van der Waals surface area (Å²) < 4.78 is 33.1. The molecule has 0 spiro atoms. The lowest BCUT2D eigenvalue weighted by Gasteiger charge is -2.30. The molecule has 0 radical (unpaired) electrons. The Morgan fingerprint density at radius 3 is 2.41 bits per heavy atom. The van der Waals surface area contributed by atoms with Crippen LogP contribution in [0.4, 0.5) is 5.69 Å². The minimum atomic E-state index is -3.67. The molecule has 2 heterocycles. The quantitative estimate of drug-likeness (QED) is 0.690. The van der Waals surface area contributed by atoms with E-state index in [1.165, 1.54) is 4.31 Å². The van der Waals surface area contributed by atoms with Crippen molar-refractivity contribution < 1.29 is 14.6 Å². The number of anilines is 1. The molecule has 5 nitrogen and oxygen atoms in total. The number of sulfonamides is 1. The Morgan fingerprint density at radius 2 is 1.74 bits per heavy atom. The number of rotatable bonds is 3. The number of methoxy groups -OCH3 is 1. The number of hydrogen-bond acceptors (Lipinski definition) is 3. The van der Waals surface area contributed by atoms with Gasteiger partial charge < -0.3 is 9.72 Å². The van der Waals surface area contributed by atoms with Gasteiger partial charge in [0.05, 0.1) is 29.9 Å². The van der Waals surface area contributed by atoms with Crippen LogP contribution in [0.2, 0.25) is 0 Å². The second-order valence-electron chi connectivity index (χ2n) is 6.06. The fraction of sp³-hybridized carbons (Fsp3) is 0.238. The highest BCUT2D eigenvalue weighted by molar-refractivity contribution is 7.92. The normalized spacial score (nSPS) is 12.5. The summed E-state index contributed by atoms with van der Waals surface area (Å²) in [7, 11) is -2.12. The molecule has 0 aliphatic carbocycles. The SMILES string of the molecule is CC.COc1ccc(S(=O)(=O)N2Cc3ccccc3-c3[nH]c(C)cc32)cc1.[HH]. The summed E-state index contributed by atoms with van der Waals surface area (Å²) in [6.07, 6.45) is 0. The number of benzene rings is 2. The van der Waals surface area contributed by atoms with Crippen LogP contribution < -0.4 is 9.04 Å². The third kappa shape index (κ3) is 3.32. The number of aryl methyl sites for hydroxylation is 1. The van der Waals surface area contributed by atoms with Crippen LogP contribution in [0.5, 0.6) is 5.75 Å². The molecule has 0 unspecified atom stereocenters. The fourth-order valence-corrected chi connectivity index (χ4v) is 4.65. The van der Waals surface area contributed by atoms with Gasteiger partial charge in [0, 0.05) is 12.7 Å². The monoisotopic (exact) mass is 386 g/mol. The molecule has 1 aromatic heterocycles. The molecule has 1 N–H and O–H groups in total. The zero-order valence-electron chi connectivity index (χ0n) is 16.0. The van der Waals surface area contributed by atoms with Crippen LogP contribution in [-0.4, -0.2) is 20.5 Å². The smallest absolute Gasteiger partial charge is 0.264 e. The zero-order chi connectivity index (χ0) is 19.6. The number of H-pyrrole nitrogens is 1. The molecule has 0 bridgehead atoms. The van der Waals surface area contributed by atoms with Crippen molar-refractivity contribution in [1.29, 1.82) is 0 Å². The summed E-state index contributed by atoms with van der Waals surface area (Å²) in [5, 5.41) is 0. The first-order valence-electron chi connectivity index (χ1n) is 8.95. The molecule has 0 saturated heterocycles. The van der Waals surface area contributed by atoms with Crippen molar-refractivity contribution >= 4 is 15.7 Å². The van der Waals surface area contributed by atoms with E-state index in [2.05, 4.69) is 4.98 Å². The maximum Gasteiger partial charge on any atom is 0.264 e. The Kier molecular flexibility index (Phi) is 5.28. The lowest BCUT2D eigenvalue weighted by Crippen LogP contribution is -2.32. The van der Waals surface area contributed by atoms with Crippen molar-refractivity contribution in [3.05, 3.63) is 65.9 Å². The number of aromatic amines is 1.